The lowest BCUT2D eigenvalue weighted by Crippen LogP contribution is -2.19. The van der Waals surface area contributed by atoms with Crippen LogP contribution in [0.25, 0.3) is 0 Å². The van der Waals surface area contributed by atoms with E-state index in [1.54, 1.807) is 6.92 Å². The zero-order chi connectivity index (χ0) is 14.4. The van der Waals surface area contributed by atoms with Crippen LogP contribution < -0.4 is 10.5 Å². The summed E-state index contributed by atoms with van der Waals surface area (Å²) >= 11 is 0. The first-order chi connectivity index (χ1) is 8.90. The molecule has 0 saturated heterocycles. The van der Waals surface area contributed by atoms with E-state index in [1.807, 2.05) is 0 Å². The van der Waals surface area contributed by atoms with E-state index in [1.165, 1.54) is 24.3 Å². The number of carbonyl (C=O) groups excluding carboxylic acids is 2. The fourth-order valence-electron chi connectivity index (χ4n) is 1.56. The summed E-state index contributed by atoms with van der Waals surface area (Å²) in [6.07, 6.45) is 0.0287. The van der Waals surface area contributed by atoms with Crippen molar-refractivity contribution in [3.8, 4) is 5.75 Å². The second kappa shape index (κ2) is 6.48. The van der Waals surface area contributed by atoms with Gasteiger partial charge in [-0.3, -0.25) is 19.7 Å². The van der Waals surface area contributed by atoms with Crippen molar-refractivity contribution in [1.29, 1.82) is 0 Å². The van der Waals surface area contributed by atoms with Gasteiger partial charge in [-0.25, -0.2) is 0 Å². The van der Waals surface area contributed by atoms with Gasteiger partial charge in [0.2, 0.25) is 11.7 Å². The van der Waals surface area contributed by atoms with Crippen LogP contribution in [-0.2, 0) is 9.59 Å². The first kappa shape index (κ1) is 14.6. The van der Waals surface area contributed by atoms with Gasteiger partial charge in [-0.2, -0.15) is 0 Å². The summed E-state index contributed by atoms with van der Waals surface area (Å²) in [7, 11) is 0. The highest BCUT2D eigenvalue weighted by molar-refractivity contribution is 5.77. The number of para-hydroxylation sites is 2. The van der Waals surface area contributed by atoms with E-state index in [4.69, 9.17) is 10.5 Å². The number of nitro groups is 1. The predicted molar refractivity (Wildman–Crippen MR) is 66.3 cm³/mol. The molecular weight excluding hydrogens is 252 g/mol. The van der Waals surface area contributed by atoms with Gasteiger partial charge in [0, 0.05) is 18.9 Å². The number of nitro benzene ring substituents is 1. The average molecular weight is 266 g/mol. The van der Waals surface area contributed by atoms with Crippen LogP contribution in [-0.4, -0.2) is 16.8 Å². The molecule has 0 spiro atoms. The number of amides is 1. The van der Waals surface area contributed by atoms with E-state index in [-0.39, 0.29) is 30.2 Å². The van der Waals surface area contributed by atoms with E-state index in [0.717, 1.165) is 0 Å². The molecule has 1 atom stereocenters. The molecule has 0 aliphatic heterocycles. The molecule has 7 heteroatoms. The van der Waals surface area contributed by atoms with Gasteiger partial charge in [0.05, 0.1) is 4.92 Å². The fourth-order valence-corrected chi connectivity index (χ4v) is 1.56. The third-order valence-corrected chi connectivity index (χ3v) is 2.35. The molecule has 102 valence electrons. The number of carbonyl (C=O) groups is 2. The molecule has 0 radical (unpaired) electrons. The molecule has 0 unspecified atom stereocenters. The molecule has 2 N–H and O–H groups in total. The van der Waals surface area contributed by atoms with Crippen LogP contribution in [0.1, 0.15) is 19.8 Å². The number of nitrogens with two attached hydrogens (primary N) is 1. The summed E-state index contributed by atoms with van der Waals surface area (Å²) in [4.78, 5) is 32.4. The smallest absolute Gasteiger partial charge is 0.311 e. The van der Waals surface area contributed by atoms with Crippen LogP contribution in [0.5, 0.6) is 5.75 Å². The molecule has 1 amide bonds. The lowest BCUT2D eigenvalue weighted by Gasteiger charge is -2.08. The van der Waals surface area contributed by atoms with Crippen LogP contribution in [0, 0.1) is 16.0 Å². The molecule has 0 aliphatic carbocycles. The molecule has 0 aromatic heterocycles. The van der Waals surface area contributed by atoms with Crippen molar-refractivity contribution in [3.05, 3.63) is 34.4 Å². The van der Waals surface area contributed by atoms with E-state index < -0.39 is 16.8 Å². The van der Waals surface area contributed by atoms with Crippen LogP contribution in [0.4, 0.5) is 5.69 Å². The van der Waals surface area contributed by atoms with E-state index in [0.29, 0.717) is 0 Å². The Labute approximate surface area is 109 Å². The molecule has 0 fully saturated rings. The van der Waals surface area contributed by atoms with Crippen LogP contribution in [0.3, 0.4) is 0 Å². The lowest BCUT2D eigenvalue weighted by molar-refractivity contribution is -0.385. The maximum Gasteiger partial charge on any atom is 0.311 e. The third kappa shape index (κ3) is 4.74. The Kier molecular flexibility index (Phi) is 4.99. The topological polar surface area (TPSA) is 113 Å². The summed E-state index contributed by atoms with van der Waals surface area (Å²) in [6.45, 7) is 1.67. The first-order valence-corrected chi connectivity index (χ1v) is 5.62. The number of rotatable bonds is 6. The number of primary amides is 1. The van der Waals surface area contributed by atoms with Crippen LogP contribution in [0.15, 0.2) is 24.3 Å². The number of ether oxygens (including phenoxy) is 1. The minimum Gasteiger partial charge on any atom is -0.419 e. The number of esters is 1. The largest absolute Gasteiger partial charge is 0.419 e. The Morgan fingerprint density at radius 2 is 2.00 bits per heavy atom. The lowest BCUT2D eigenvalue weighted by atomic mass is 10.0. The molecule has 1 aromatic carbocycles. The third-order valence-electron chi connectivity index (χ3n) is 2.35. The SMILES string of the molecule is C[C@H](CC(N)=O)CC(=O)Oc1ccccc1[N+](=O)[O-]. The van der Waals surface area contributed by atoms with E-state index in [9.17, 15) is 19.7 Å². The molecule has 7 nitrogen and oxygen atoms in total. The predicted octanol–water partition coefficient (Wildman–Crippen LogP) is 1.40. The van der Waals surface area contributed by atoms with Crippen molar-refractivity contribution in [2.45, 2.75) is 19.8 Å². The monoisotopic (exact) mass is 266 g/mol. The number of nitrogens with zero attached hydrogens (tertiary/aromatic N) is 1. The second-order valence-electron chi connectivity index (χ2n) is 4.18. The standard InChI is InChI=1S/C12H14N2O5/c1-8(6-11(13)15)7-12(16)19-10-5-3-2-4-9(10)14(17)18/h2-5,8H,6-7H2,1H3,(H2,13,15)/t8-/m1/s1. The number of hydrogen-bond donors (Lipinski definition) is 1. The minimum absolute atomic E-state index is 0.0327. The van der Waals surface area contributed by atoms with Crippen molar-refractivity contribution in [2.75, 3.05) is 0 Å². The van der Waals surface area contributed by atoms with Gasteiger partial charge in [0.15, 0.2) is 0 Å². The summed E-state index contributed by atoms with van der Waals surface area (Å²) in [5.41, 5.74) is 4.73. The van der Waals surface area contributed by atoms with E-state index >= 15 is 0 Å². The zero-order valence-electron chi connectivity index (χ0n) is 10.4. The Balaban J connectivity index is 2.67. The number of benzene rings is 1. The summed E-state index contributed by atoms with van der Waals surface area (Å²) in [6, 6.07) is 5.60. The summed E-state index contributed by atoms with van der Waals surface area (Å²) in [5, 5.41) is 10.7. The molecular formula is C12H14N2O5. The van der Waals surface area contributed by atoms with Crippen molar-refractivity contribution < 1.29 is 19.2 Å². The van der Waals surface area contributed by atoms with Crippen molar-refractivity contribution in [1.82, 2.24) is 0 Å². The minimum atomic E-state index is -0.636. The fraction of sp³-hybridized carbons (Fsp3) is 0.333. The molecule has 0 saturated carbocycles. The van der Waals surface area contributed by atoms with Gasteiger partial charge in [-0.1, -0.05) is 19.1 Å². The molecule has 1 aromatic rings. The van der Waals surface area contributed by atoms with E-state index in [2.05, 4.69) is 0 Å². The van der Waals surface area contributed by atoms with Gasteiger partial charge >= 0.3 is 11.7 Å². The average Bonchev–Trinajstić information content (AvgIpc) is 2.27. The van der Waals surface area contributed by atoms with Gasteiger partial charge in [0.25, 0.3) is 0 Å². The zero-order valence-corrected chi connectivity index (χ0v) is 10.4. The Bertz CT molecular complexity index is 501. The maximum atomic E-state index is 11.6. The molecule has 0 heterocycles. The second-order valence-corrected chi connectivity index (χ2v) is 4.18. The first-order valence-electron chi connectivity index (χ1n) is 5.62. The Morgan fingerprint density at radius 1 is 1.37 bits per heavy atom. The van der Waals surface area contributed by atoms with Gasteiger partial charge in [-0.05, 0) is 12.0 Å². The highest BCUT2D eigenvalue weighted by atomic mass is 16.6. The highest BCUT2D eigenvalue weighted by Crippen LogP contribution is 2.26. The van der Waals surface area contributed by atoms with Crippen molar-refractivity contribution >= 4 is 17.6 Å². The van der Waals surface area contributed by atoms with Crippen LogP contribution >= 0.6 is 0 Å². The van der Waals surface area contributed by atoms with Gasteiger partial charge in [0.1, 0.15) is 0 Å². The molecule has 19 heavy (non-hydrogen) atoms. The maximum absolute atomic E-state index is 11.6. The Hall–Kier alpha value is -2.44. The van der Waals surface area contributed by atoms with Gasteiger partial charge < -0.3 is 10.5 Å². The van der Waals surface area contributed by atoms with Crippen molar-refractivity contribution in [2.24, 2.45) is 11.7 Å². The van der Waals surface area contributed by atoms with Crippen molar-refractivity contribution in [3.63, 3.8) is 0 Å². The highest BCUT2D eigenvalue weighted by Gasteiger charge is 2.19. The Morgan fingerprint density at radius 3 is 2.58 bits per heavy atom. The molecule has 0 aliphatic rings. The molecule has 1 rings (SSSR count). The normalized spacial score (nSPS) is 11.6. The molecule has 0 bridgehead atoms. The quantitative estimate of drug-likeness (QED) is 0.362. The van der Waals surface area contributed by atoms with Gasteiger partial charge in [-0.15, -0.1) is 0 Å². The summed E-state index contributed by atoms with van der Waals surface area (Å²) in [5.74, 6) is -1.52. The number of hydrogen-bond acceptors (Lipinski definition) is 5. The summed E-state index contributed by atoms with van der Waals surface area (Å²) < 4.78 is 4.93. The van der Waals surface area contributed by atoms with Crippen LogP contribution in [0.2, 0.25) is 0 Å².